The maximum absolute atomic E-state index is 15.4. The molecule has 0 aliphatic heterocycles. The third-order valence-corrected chi connectivity index (χ3v) is 8.79. The Kier molecular flexibility index (Phi) is 10.9. The van der Waals surface area contributed by atoms with Crippen molar-refractivity contribution >= 4 is 34.3 Å². The molecule has 1 aliphatic rings. The second-order valence-corrected chi connectivity index (χ2v) is 14.7. The second-order valence-electron chi connectivity index (χ2n) is 14.7. The summed E-state index contributed by atoms with van der Waals surface area (Å²) in [5.41, 5.74) is 5.53. The molecule has 0 radical (unpaired) electrons. The lowest BCUT2D eigenvalue weighted by Gasteiger charge is -2.42. The lowest BCUT2D eigenvalue weighted by atomic mass is 9.78. The Hall–Kier alpha value is -3.02. The molecule has 0 unspecified atom stereocenters. The molecule has 1 aliphatic carbocycles. The van der Waals surface area contributed by atoms with Gasteiger partial charge in [0, 0.05) is 71.1 Å². The van der Waals surface area contributed by atoms with Crippen LogP contribution in [0.15, 0.2) is 24.3 Å². The molecule has 0 aromatic heterocycles. The molecule has 3 rings (SSSR count). The van der Waals surface area contributed by atoms with E-state index in [4.69, 9.17) is 0 Å². The first-order chi connectivity index (χ1) is 20.4. The summed E-state index contributed by atoms with van der Waals surface area (Å²) in [5, 5.41) is 0. The van der Waals surface area contributed by atoms with E-state index >= 15 is 9.59 Å². The molecule has 244 valence electrons. The van der Waals surface area contributed by atoms with Gasteiger partial charge in [-0.1, -0.05) is 0 Å². The molecule has 0 bridgehead atoms. The van der Waals surface area contributed by atoms with Gasteiger partial charge in [-0.2, -0.15) is 0 Å². The molecule has 6 nitrogen and oxygen atoms in total. The van der Waals surface area contributed by atoms with E-state index in [1.54, 1.807) is 0 Å². The Balaban J connectivity index is 2.63. The molecule has 0 saturated heterocycles. The number of ketones is 2. The lowest BCUT2D eigenvalue weighted by molar-refractivity contribution is 0.0980. The molecule has 6 heteroatoms. The van der Waals surface area contributed by atoms with Crippen LogP contribution in [0.1, 0.15) is 143 Å². The lowest BCUT2D eigenvalue weighted by Crippen LogP contribution is -2.44. The number of rotatable bonds is 12. The van der Waals surface area contributed by atoms with Crippen molar-refractivity contribution in [2.75, 3.05) is 19.6 Å². The molecular formula is C38H60N4O2. The van der Waals surface area contributed by atoms with Crippen LogP contribution in [0.5, 0.6) is 0 Å². The molecule has 0 N–H and O–H groups in total. The first-order valence-corrected chi connectivity index (χ1v) is 16.9. The van der Waals surface area contributed by atoms with E-state index in [0.29, 0.717) is 22.3 Å². The number of nitrogens with zero attached hydrogens (tertiary/aromatic N) is 4. The fourth-order valence-corrected chi connectivity index (χ4v) is 7.80. The van der Waals surface area contributed by atoms with Gasteiger partial charge in [0.05, 0.1) is 22.3 Å². The fourth-order valence-electron chi connectivity index (χ4n) is 7.80. The van der Waals surface area contributed by atoms with Crippen LogP contribution in [0.2, 0.25) is 0 Å². The normalized spacial score (nSPS) is 13.4. The van der Waals surface area contributed by atoms with Crippen LogP contribution >= 0.6 is 0 Å². The quantitative estimate of drug-likeness (QED) is 0.206. The minimum atomic E-state index is -0.0548. The van der Waals surface area contributed by atoms with E-state index < -0.39 is 0 Å². The van der Waals surface area contributed by atoms with Crippen molar-refractivity contribution in [1.82, 2.24) is 0 Å². The van der Waals surface area contributed by atoms with Gasteiger partial charge in [0.15, 0.2) is 11.6 Å². The number of hydrogen-bond donors (Lipinski definition) is 0. The maximum Gasteiger partial charge on any atom is 0.198 e. The Bertz CT molecular complexity index is 1120. The maximum atomic E-state index is 15.4. The number of anilines is 4. The third kappa shape index (κ3) is 6.23. The topological polar surface area (TPSA) is 47.1 Å². The van der Waals surface area contributed by atoms with Gasteiger partial charge >= 0.3 is 0 Å². The van der Waals surface area contributed by atoms with Crippen LogP contribution in [-0.4, -0.2) is 59.9 Å². The molecule has 0 spiro atoms. The predicted molar refractivity (Wildman–Crippen MR) is 191 cm³/mol. The van der Waals surface area contributed by atoms with Crippen molar-refractivity contribution in [3.63, 3.8) is 0 Å². The van der Waals surface area contributed by atoms with Crippen LogP contribution in [0.25, 0.3) is 0 Å². The second kappa shape index (κ2) is 13.5. The van der Waals surface area contributed by atoms with Crippen LogP contribution in [-0.2, 0) is 0 Å². The van der Waals surface area contributed by atoms with Gasteiger partial charge < -0.3 is 19.6 Å². The highest BCUT2D eigenvalue weighted by atomic mass is 16.1. The van der Waals surface area contributed by atoms with Crippen molar-refractivity contribution in [3.8, 4) is 0 Å². The molecule has 2 aromatic carbocycles. The van der Waals surface area contributed by atoms with Gasteiger partial charge in [-0.3, -0.25) is 9.59 Å². The zero-order valence-corrected chi connectivity index (χ0v) is 30.5. The van der Waals surface area contributed by atoms with Gasteiger partial charge in [-0.05, 0) is 135 Å². The predicted octanol–water partition coefficient (Wildman–Crippen LogP) is 8.95. The summed E-state index contributed by atoms with van der Waals surface area (Å²) in [4.78, 5) is 39.9. The molecule has 0 saturated carbocycles. The number of hydrogen-bond acceptors (Lipinski definition) is 6. The van der Waals surface area contributed by atoms with E-state index in [0.717, 1.165) is 22.7 Å². The van der Waals surface area contributed by atoms with Gasteiger partial charge in [-0.25, -0.2) is 0 Å². The number of carbonyl (C=O) groups is 2. The Morgan fingerprint density at radius 2 is 0.455 bits per heavy atom. The third-order valence-electron chi connectivity index (χ3n) is 8.79. The monoisotopic (exact) mass is 604 g/mol. The van der Waals surface area contributed by atoms with E-state index in [1.807, 2.05) is 0 Å². The average molecular weight is 605 g/mol. The van der Waals surface area contributed by atoms with E-state index in [-0.39, 0.29) is 59.9 Å². The molecule has 0 fully saturated rings. The SMILES string of the molecule is CC(C)N(c1ccc(N(C(C)C)C(C)C)c2c1C(=O)c1c(N(C(C)C)C(C)C)ccc(N(C(C)C)C(C)C)c1C2=O)C(C)C. The highest BCUT2D eigenvalue weighted by Crippen LogP contribution is 2.47. The van der Waals surface area contributed by atoms with Crippen molar-refractivity contribution < 1.29 is 9.59 Å². The van der Waals surface area contributed by atoms with Gasteiger partial charge in [0.1, 0.15) is 0 Å². The zero-order chi connectivity index (χ0) is 33.5. The van der Waals surface area contributed by atoms with Crippen LogP contribution in [0, 0.1) is 0 Å². The molecule has 0 heterocycles. The van der Waals surface area contributed by atoms with Crippen LogP contribution in [0.3, 0.4) is 0 Å². The Morgan fingerprint density at radius 1 is 0.318 bits per heavy atom. The summed E-state index contributed by atoms with van der Waals surface area (Å²) in [6.45, 7) is 34.5. The minimum absolute atomic E-state index is 0.0548. The van der Waals surface area contributed by atoms with E-state index in [1.165, 1.54) is 0 Å². The first-order valence-electron chi connectivity index (χ1n) is 16.9. The molecule has 0 atom stereocenters. The Labute approximate surface area is 268 Å². The summed E-state index contributed by atoms with van der Waals surface area (Å²) in [5.74, 6) is -0.110. The average Bonchev–Trinajstić information content (AvgIpc) is 2.86. The van der Waals surface area contributed by atoms with Crippen molar-refractivity contribution in [1.29, 1.82) is 0 Å². The summed E-state index contributed by atoms with van der Waals surface area (Å²) >= 11 is 0. The molecule has 0 amide bonds. The summed E-state index contributed by atoms with van der Waals surface area (Å²) in [6.07, 6.45) is 0. The summed E-state index contributed by atoms with van der Waals surface area (Å²) in [6, 6.07) is 9.50. The standard InChI is InChI=1S/C38H60N4O2/c1-21(2)39(22(3)4)29-17-18-30(40(23(5)6)24(7)8)34-33(29)37(43)35-31(41(25(9)10)26(11)12)19-20-32(36(35)38(34)44)42(27(13)14)28(15)16/h17-28H,1-16H3. The number of carbonyl (C=O) groups excluding carboxylic acids is 2. The molecule has 44 heavy (non-hydrogen) atoms. The van der Waals surface area contributed by atoms with Gasteiger partial charge in [0.2, 0.25) is 0 Å². The van der Waals surface area contributed by atoms with Crippen molar-refractivity contribution in [3.05, 3.63) is 46.5 Å². The van der Waals surface area contributed by atoms with Crippen molar-refractivity contribution in [2.24, 2.45) is 0 Å². The van der Waals surface area contributed by atoms with Crippen LogP contribution < -0.4 is 19.6 Å². The Morgan fingerprint density at radius 3 is 0.568 bits per heavy atom. The van der Waals surface area contributed by atoms with E-state index in [9.17, 15) is 0 Å². The van der Waals surface area contributed by atoms with Gasteiger partial charge in [-0.15, -0.1) is 0 Å². The largest absolute Gasteiger partial charge is 0.366 e. The summed E-state index contributed by atoms with van der Waals surface area (Å²) < 4.78 is 0. The van der Waals surface area contributed by atoms with E-state index in [2.05, 4.69) is 155 Å². The highest BCUT2D eigenvalue weighted by molar-refractivity contribution is 6.35. The smallest absolute Gasteiger partial charge is 0.198 e. The zero-order valence-electron chi connectivity index (χ0n) is 30.5. The fraction of sp³-hybridized carbons (Fsp3) is 0.632. The summed E-state index contributed by atoms with van der Waals surface area (Å²) in [7, 11) is 0. The molecular weight excluding hydrogens is 544 g/mol. The number of fused-ring (bicyclic) bond motifs is 2. The highest BCUT2D eigenvalue weighted by Gasteiger charge is 2.42. The number of benzene rings is 2. The van der Waals surface area contributed by atoms with Crippen LogP contribution in [0.4, 0.5) is 22.7 Å². The first kappa shape index (κ1) is 35.5. The van der Waals surface area contributed by atoms with Gasteiger partial charge in [0.25, 0.3) is 0 Å². The van der Waals surface area contributed by atoms with Crippen molar-refractivity contribution in [2.45, 2.75) is 159 Å². The molecule has 2 aromatic rings. The minimum Gasteiger partial charge on any atom is -0.366 e.